The Labute approximate surface area is 186 Å². The average molecular weight is 427 g/mol. The maximum absolute atomic E-state index is 9.61. The Morgan fingerprint density at radius 3 is 2.75 bits per heavy atom. The molecule has 8 heteroatoms. The number of anilines is 1. The van der Waals surface area contributed by atoms with Crippen LogP contribution in [-0.4, -0.2) is 51.0 Å². The normalized spacial score (nSPS) is 18.5. The van der Waals surface area contributed by atoms with Crippen molar-refractivity contribution in [3.63, 3.8) is 0 Å². The summed E-state index contributed by atoms with van der Waals surface area (Å²) in [6, 6.07) is 9.39. The molecule has 0 spiro atoms. The Bertz CT molecular complexity index is 1250. The zero-order chi connectivity index (χ0) is 22.1. The Kier molecular flexibility index (Phi) is 5.33. The van der Waals surface area contributed by atoms with Crippen molar-refractivity contribution in [2.75, 3.05) is 19.0 Å². The van der Waals surface area contributed by atoms with Gasteiger partial charge in [-0.3, -0.25) is 5.10 Å². The van der Waals surface area contributed by atoms with Gasteiger partial charge in [0.25, 0.3) is 0 Å². The SMILES string of the molecule is CNC1CCCCC1N(C)c1ccc(-c2cc(-c3cn[nH]c3)cn3ncc(C#N)c23)cn1. The predicted octanol–water partition coefficient (Wildman–Crippen LogP) is 3.62. The summed E-state index contributed by atoms with van der Waals surface area (Å²) in [6.07, 6.45) is 13.9. The van der Waals surface area contributed by atoms with E-state index in [2.05, 4.69) is 56.8 Å². The van der Waals surface area contributed by atoms with Gasteiger partial charge in [-0.15, -0.1) is 0 Å². The zero-order valence-electron chi connectivity index (χ0n) is 18.3. The number of hydrogen-bond donors (Lipinski definition) is 2. The van der Waals surface area contributed by atoms with Crippen LogP contribution in [0.5, 0.6) is 0 Å². The fourth-order valence-electron chi connectivity index (χ4n) is 4.83. The van der Waals surface area contributed by atoms with Crippen molar-refractivity contribution in [1.82, 2.24) is 30.1 Å². The van der Waals surface area contributed by atoms with Crippen molar-refractivity contribution >= 4 is 11.3 Å². The first-order valence-corrected chi connectivity index (χ1v) is 11.0. The highest BCUT2D eigenvalue weighted by molar-refractivity contribution is 5.87. The molecule has 0 aromatic carbocycles. The lowest BCUT2D eigenvalue weighted by molar-refractivity contribution is 0.334. The first-order chi connectivity index (χ1) is 15.7. The van der Waals surface area contributed by atoms with Crippen LogP contribution in [-0.2, 0) is 0 Å². The Balaban J connectivity index is 1.54. The minimum Gasteiger partial charge on any atom is -0.355 e. The molecule has 0 bridgehead atoms. The third-order valence-electron chi connectivity index (χ3n) is 6.58. The summed E-state index contributed by atoms with van der Waals surface area (Å²) in [5, 5.41) is 24.4. The number of aromatic nitrogens is 5. The topological polar surface area (TPSA) is 97.9 Å². The number of pyridine rings is 2. The molecule has 8 nitrogen and oxygen atoms in total. The van der Waals surface area contributed by atoms with Crippen LogP contribution in [0.4, 0.5) is 5.82 Å². The van der Waals surface area contributed by atoms with Crippen LogP contribution in [0.25, 0.3) is 27.8 Å². The molecule has 0 aliphatic heterocycles. The summed E-state index contributed by atoms with van der Waals surface area (Å²) in [6.45, 7) is 0. The maximum Gasteiger partial charge on any atom is 0.128 e. The second-order valence-electron chi connectivity index (χ2n) is 8.36. The van der Waals surface area contributed by atoms with Crippen molar-refractivity contribution in [2.45, 2.75) is 37.8 Å². The number of aromatic amines is 1. The summed E-state index contributed by atoms with van der Waals surface area (Å²) in [5.41, 5.74) is 5.12. The van der Waals surface area contributed by atoms with Crippen LogP contribution in [0.2, 0.25) is 0 Å². The van der Waals surface area contributed by atoms with Gasteiger partial charge in [0.1, 0.15) is 11.9 Å². The average Bonchev–Trinajstić information content (AvgIpc) is 3.53. The van der Waals surface area contributed by atoms with Crippen molar-refractivity contribution in [3.05, 3.63) is 54.7 Å². The molecule has 0 amide bonds. The minimum atomic E-state index is 0.434. The lowest BCUT2D eigenvalue weighted by Gasteiger charge is -2.38. The molecule has 1 aliphatic rings. The van der Waals surface area contributed by atoms with Crippen molar-refractivity contribution in [1.29, 1.82) is 5.26 Å². The van der Waals surface area contributed by atoms with Crippen LogP contribution in [0, 0.1) is 11.3 Å². The molecule has 4 aromatic heterocycles. The summed E-state index contributed by atoms with van der Waals surface area (Å²) >= 11 is 0. The molecule has 4 heterocycles. The number of H-pyrrole nitrogens is 1. The molecular formula is C24H26N8. The molecule has 1 fully saturated rings. The highest BCUT2D eigenvalue weighted by atomic mass is 15.2. The van der Waals surface area contributed by atoms with Crippen LogP contribution >= 0.6 is 0 Å². The van der Waals surface area contributed by atoms with Gasteiger partial charge in [-0.1, -0.05) is 12.8 Å². The first kappa shape index (κ1) is 20.2. The van der Waals surface area contributed by atoms with Crippen molar-refractivity contribution in [3.8, 4) is 28.3 Å². The van der Waals surface area contributed by atoms with Crippen LogP contribution < -0.4 is 10.2 Å². The van der Waals surface area contributed by atoms with E-state index in [1.54, 1.807) is 16.9 Å². The van der Waals surface area contributed by atoms with E-state index in [4.69, 9.17) is 4.98 Å². The number of hydrogen-bond acceptors (Lipinski definition) is 6. The smallest absolute Gasteiger partial charge is 0.128 e. The molecule has 0 saturated heterocycles. The molecule has 2 unspecified atom stereocenters. The molecule has 1 aliphatic carbocycles. The number of likely N-dealkylation sites (N-methyl/N-ethyl adjacent to an activating group) is 2. The van der Waals surface area contributed by atoms with Crippen LogP contribution in [0.3, 0.4) is 0 Å². The van der Waals surface area contributed by atoms with Gasteiger partial charge in [-0.25, -0.2) is 9.50 Å². The number of nitrogens with zero attached hydrogens (tertiary/aromatic N) is 6. The molecule has 2 N–H and O–H groups in total. The Hall–Kier alpha value is -3.70. The third-order valence-corrected chi connectivity index (χ3v) is 6.58. The van der Waals surface area contributed by atoms with E-state index in [1.807, 2.05) is 25.6 Å². The van der Waals surface area contributed by atoms with E-state index in [0.29, 0.717) is 17.6 Å². The maximum atomic E-state index is 9.61. The number of fused-ring (bicyclic) bond motifs is 1. The largest absolute Gasteiger partial charge is 0.355 e. The quantitative estimate of drug-likeness (QED) is 0.506. The van der Waals surface area contributed by atoms with Crippen molar-refractivity contribution in [2.24, 2.45) is 0 Å². The highest BCUT2D eigenvalue weighted by Gasteiger charge is 2.28. The van der Waals surface area contributed by atoms with Gasteiger partial charge in [-0.05, 0) is 38.1 Å². The van der Waals surface area contributed by atoms with Gasteiger partial charge < -0.3 is 10.2 Å². The molecule has 1 saturated carbocycles. The third kappa shape index (κ3) is 3.51. The van der Waals surface area contributed by atoms with Gasteiger partial charge in [0.15, 0.2) is 0 Å². The standard InChI is InChI=1S/C24H26N8/c1-26-21-5-3-4-6-22(21)31(2)23-8-7-16(11-27-23)20-9-17(19-12-28-29-13-19)15-32-24(20)18(10-25)14-30-32/h7-9,11-15,21-22,26H,3-6H2,1-2H3,(H,28,29). The monoisotopic (exact) mass is 426 g/mol. The number of rotatable bonds is 5. The predicted molar refractivity (Wildman–Crippen MR) is 124 cm³/mol. The van der Waals surface area contributed by atoms with Gasteiger partial charge in [0.05, 0.1) is 23.5 Å². The second-order valence-corrected chi connectivity index (χ2v) is 8.36. The summed E-state index contributed by atoms with van der Waals surface area (Å²) < 4.78 is 1.76. The van der Waals surface area contributed by atoms with E-state index in [0.717, 1.165) is 33.6 Å². The van der Waals surface area contributed by atoms with Crippen LogP contribution in [0.1, 0.15) is 31.2 Å². The Morgan fingerprint density at radius 2 is 2.03 bits per heavy atom. The first-order valence-electron chi connectivity index (χ1n) is 11.0. The van der Waals surface area contributed by atoms with Crippen LogP contribution in [0.15, 0.2) is 49.2 Å². The minimum absolute atomic E-state index is 0.434. The molecule has 4 aromatic rings. The summed E-state index contributed by atoms with van der Waals surface area (Å²) in [5.74, 6) is 0.955. The van der Waals surface area contributed by atoms with E-state index < -0.39 is 0 Å². The Morgan fingerprint density at radius 1 is 1.16 bits per heavy atom. The fraction of sp³-hybridized carbons (Fsp3) is 0.333. The number of nitriles is 1. The fourth-order valence-corrected chi connectivity index (χ4v) is 4.83. The second kappa shape index (κ2) is 8.44. The van der Waals surface area contributed by atoms with Gasteiger partial charge in [0.2, 0.25) is 0 Å². The molecule has 0 radical (unpaired) electrons. The molecule has 162 valence electrons. The summed E-state index contributed by atoms with van der Waals surface area (Å²) in [4.78, 5) is 7.10. The highest BCUT2D eigenvalue weighted by Crippen LogP contribution is 2.33. The van der Waals surface area contributed by atoms with E-state index in [-0.39, 0.29) is 0 Å². The van der Waals surface area contributed by atoms with E-state index in [9.17, 15) is 5.26 Å². The van der Waals surface area contributed by atoms with Crippen molar-refractivity contribution < 1.29 is 0 Å². The zero-order valence-corrected chi connectivity index (χ0v) is 18.3. The molecule has 5 rings (SSSR count). The molecule has 2 atom stereocenters. The van der Waals surface area contributed by atoms with Gasteiger partial charge in [-0.2, -0.15) is 15.5 Å². The number of nitrogens with one attached hydrogen (secondary N) is 2. The van der Waals surface area contributed by atoms with Gasteiger partial charge in [0, 0.05) is 60.0 Å². The lowest BCUT2D eigenvalue weighted by Crippen LogP contribution is -2.49. The van der Waals surface area contributed by atoms with Gasteiger partial charge >= 0.3 is 0 Å². The molecular weight excluding hydrogens is 400 g/mol. The summed E-state index contributed by atoms with van der Waals surface area (Å²) in [7, 11) is 4.18. The lowest BCUT2D eigenvalue weighted by atomic mass is 9.89. The van der Waals surface area contributed by atoms with E-state index >= 15 is 0 Å². The molecule has 32 heavy (non-hydrogen) atoms. The van der Waals surface area contributed by atoms with E-state index in [1.165, 1.54) is 25.7 Å².